The van der Waals surface area contributed by atoms with E-state index in [9.17, 15) is 9.59 Å². The van der Waals surface area contributed by atoms with Gasteiger partial charge in [0.15, 0.2) is 6.61 Å². The first-order valence-corrected chi connectivity index (χ1v) is 13.3. The molecule has 1 aliphatic heterocycles. The summed E-state index contributed by atoms with van der Waals surface area (Å²) >= 11 is 0. The van der Waals surface area contributed by atoms with Crippen molar-refractivity contribution in [3.8, 4) is 5.75 Å². The molecule has 0 N–H and O–H groups in total. The lowest BCUT2D eigenvalue weighted by molar-refractivity contribution is -0.179. The highest BCUT2D eigenvalue weighted by molar-refractivity contribution is 5.82. The molecule has 4 rings (SSSR count). The molecule has 0 radical (unpaired) electrons. The van der Waals surface area contributed by atoms with Gasteiger partial charge < -0.3 is 23.8 Å². The predicted octanol–water partition coefficient (Wildman–Crippen LogP) is 6.02. The molecule has 1 heterocycles. The van der Waals surface area contributed by atoms with Gasteiger partial charge in [0, 0.05) is 12.5 Å². The van der Waals surface area contributed by atoms with Crippen LogP contribution in [0.5, 0.6) is 5.75 Å². The Labute approximate surface area is 229 Å². The number of hydroxylamine groups is 2. The molecule has 0 bridgehead atoms. The quantitative estimate of drug-likeness (QED) is 0.308. The van der Waals surface area contributed by atoms with Crippen LogP contribution in [0.25, 0.3) is 10.8 Å². The molecular weight excluding hydrogens is 498 g/mol. The van der Waals surface area contributed by atoms with Crippen molar-refractivity contribution < 1.29 is 33.4 Å². The zero-order valence-corrected chi connectivity index (χ0v) is 23.1. The summed E-state index contributed by atoms with van der Waals surface area (Å²) in [6, 6.07) is 22.2. The molecule has 208 valence electrons. The zero-order chi connectivity index (χ0) is 27.8. The minimum atomic E-state index is -0.725. The number of carbonyl (C=O) groups is 2. The molecule has 1 fully saturated rings. The molecule has 0 aliphatic carbocycles. The molecule has 39 heavy (non-hydrogen) atoms. The average molecular weight is 536 g/mol. The fraction of sp³-hybridized carbons (Fsp3) is 0.419. The second-order valence-corrected chi connectivity index (χ2v) is 10.5. The Morgan fingerprint density at radius 2 is 1.72 bits per heavy atom. The highest BCUT2D eigenvalue weighted by Crippen LogP contribution is 2.33. The summed E-state index contributed by atoms with van der Waals surface area (Å²) in [5, 5.41) is 3.96. The minimum absolute atomic E-state index is 0.0723. The van der Waals surface area contributed by atoms with E-state index < -0.39 is 17.7 Å². The van der Waals surface area contributed by atoms with Crippen LogP contribution >= 0.6 is 0 Å². The number of fused-ring (bicyclic) bond motifs is 1. The maximum absolute atomic E-state index is 12.3. The SMILES string of the molecule is CCOC(=O)COc1ccc(C2CCN(OC(=O)OC(C)(C)C)CC2OCc2ccc3ccccc3c2)cc1. The number of benzene rings is 3. The third-order valence-electron chi connectivity index (χ3n) is 6.36. The normalized spacial score (nSPS) is 17.9. The van der Waals surface area contributed by atoms with Crippen molar-refractivity contribution in [1.29, 1.82) is 0 Å². The first kappa shape index (κ1) is 28.4. The highest BCUT2D eigenvalue weighted by Gasteiger charge is 2.34. The Morgan fingerprint density at radius 3 is 2.44 bits per heavy atom. The van der Waals surface area contributed by atoms with Gasteiger partial charge in [0.05, 0.1) is 25.9 Å². The number of carbonyl (C=O) groups excluding carboxylic acids is 2. The van der Waals surface area contributed by atoms with Crippen LogP contribution in [0.2, 0.25) is 0 Å². The number of nitrogens with zero attached hydrogens (tertiary/aromatic N) is 1. The summed E-state index contributed by atoms with van der Waals surface area (Å²) < 4.78 is 22.3. The van der Waals surface area contributed by atoms with Gasteiger partial charge in [-0.25, -0.2) is 9.59 Å². The Bertz CT molecular complexity index is 1250. The monoisotopic (exact) mass is 535 g/mol. The van der Waals surface area contributed by atoms with Crippen LogP contribution in [-0.2, 0) is 30.4 Å². The van der Waals surface area contributed by atoms with Crippen LogP contribution in [0.3, 0.4) is 0 Å². The van der Waals surface area contributed by atoms with Gasteiger partial charge in [0.2, 0.25) is 0 Å². The molecule has 0 saturated carbocycles. The zero-order valence-electron chi connectivity index (χ0n) is 23.1. The van der Waals surface area contributed by atoms with Crippen molar-refractivity contribution in [2.45, 2.75) is 58.3 Å². The van der Waals surface area contributed by atoms with Gasteiger partial charge in [-0.05, 0) is 74.2 Å². The van der Waals surface area contributed by atoms with Crippen molar-refractivity contribution in [1.82, 2.24) is 5.06 Å². The van der Waals surface area contributed by atoms with E-state index in [2.05, 4.69) is 30.3 Å². The molecule has 0 amide bonds. The topological polar surface area (TPSA) is 83.5 Å². The minimum Gasteiger partial charge on any atom is -0.482 e. The molecule has 1 aliphatic rings. The summed E-state index contributed by atoms with van der Waals surface area (Å²) in [5.41, 5.74) is 1.51. The van der Waals surface area contributed by atoms with E-state index in [0.717, 1.165) is 16.5 Å². The molecule has 0 spiro atoms. The van der Waals surface area contributed by atoms with Gasteiger partial charge in [0.25, 0.3) is 0 Å². The van der Waals surface area contributed by atoms with Gasteiger partial charge in [0.1, 0.15) is 11.4 Å². The number of hydrogen-bond acceptors (Lipinski definition) is 8. The van der Waals surface area contributed by atoms with Crippen molar-refractivity contribution in [2.24, 2.45) is 0 Å². The van der Waals surface area contributed by atoms with Crippen molar-refractivity contribution in [2.75, 3.05) is 26.3 Å². The molecule has 0 aromatic heterocycles. The third-order valence-corrected chi connectivity index (χ3v) is 6.36. The molecular formula is C31H37NO7. The molecule has 3 aromatic carbocycles. The van der Waals surface area contributed by atoms with Gasteiger partial charge in [-0.1, -0.05) is 48.5 Å². The molecule has 2 atom stereocenters. The number of piperidine rings is 1. The molecule has 2 unspecified atom stereocenters. The summed E-state index contributed by atoms with van der Waals surface area (Å²) in [6.07, 6.45) is -0.245. The first-order chi connectivity index (χ1) is 18.7. The molecule has 3 aromatic rings. The average Bonchev–Trinajstić information content (AvgIpc) is 2.90. The lowest BCUT2D eigenvalue weighted by Crippen LogP contribution is -2.45. The number of rotatable bonds is 9. The molecule has 1 saturated heterocycles. The van der Waals surface area contributed by atoms with E-state index >= 15 is 0 Å². The van der Waals surface area contributed by atoms with Crippen LogP contribution in [0.1, 0.15) is 51.2 Å². The molecule has 8 heteroatoms. The van der Waals surface area contributed by atoms with E-state index in [1.54, 1.807) is 32.8 Å². The number of esters is 1. The van der Waals surface area contributed by atoms with Crippen LogP contribution in [0.15, 0.2) is 66.7 Å². The Hall–Kier alpha value is -3.62. The van der Waals surface area contributed by atoms with Crippen molar-refractivity contribution in [3.63, 3.8) is 0 Å². The van der Waals surface area contributed by atoms with Crippen LogP contribution < -0.4 is 4.74 Å². The second-order valence-electron chi connectivity index (χ2n) is 10.5. The second kappa shape index (κ2) is 13.0. The number of ether oxygens (including phenoxy) is 4. The first-order valence-electron chi connectivity index (χ1n) is 13.3. The fourth-order valence-corrected chi connectivity index (χ4v) is 4.58. The summed E-state index contributed by atoms with van der Waals surface area (Å²) in [7, 11) is 0. The maximum Gasteiger partial charge on any atom is 0.528 e. The summed E-state index contributed by atoms with van der Waals surface area (Å²) in [5.74, 6) is 0.260. The smallest absolute Gasteiger partial charge is 0.482 e. The Morgan fingerprint density at radius 1 is 0.974 bits per heavy atom. The van der Waals surface area contributed by atoms with E-state index in [1.165, 1.54) is 5.39 Å². The highest BCUT2D eigenvalue weighted by atomic mass is 16.8. The summed E-state index contributed by atoms with van der Waals surface area (Å²) in [4.78, 5) is 29.4. The van der Waals surface area contributed by atoms with Crippen LogP contribution in [0.4, 0.5) is 4.79 Å². The Balaban J connectivity index is 1.45. The van der Waals surface area contributed by atoms with Gasteiger partial charge in [-0.2, -0.15) is 0 Å². The fourth-order valence-electron chi connectivity index (χ4n) is 4.58. The summed E-state index contributed by atoms with van der Waals surface area (Å²) in [6.45, 7) is 8.72. The van der Waals surface area contributed by atoms with Crippen LogP contribution in [0, 0.1) is 0 Å². The standard InChI is InChI=1S/C31H37NO7/c1-5-35-29(33)21-36-26-14-12-24(13-15-26)27-16-17-32(39-30(34)38-31(2,3)4)19-28(27)37-20-22-10-11-23-8-6-7-9-25(23)18-22/h6-15,18,27-28H,5,16-17,19-21H2,1-4H3. The van der Waals surface area contributed by atoms with E-state index in [0.29, 0.717) is 38.5 Å². The Kier molecular flexibility index (Phi) is 9.43. The van der Waals surface area contributed by atoms with Crippen molar-refractivity contribution >= 4 is 22.9 Å². The van der Waals surface area contributed by atoms with E-state index in [-0.39, 0.29) is 18.6 Å². The van der Waals surface area contributed by atoms with E-state index in [4.69, 9.17) is 23.8 Å². The number of hydrogen-bond donors (Lipinski definition) is 0. The predicted molar refractivity (Wildman–Crippen MR) is 147 cm³/mol. The van der Waals surface area contributed by atoms with Gasteiger partial charge in [-0.15, -0.1) is 5.06 Å². The van der Waals surface area contributed by atoms with Gasteiger partial charge in [-0.3, -0.25) is 0 Å². The maximum atomic E-state index is 12.3. The lowest BCUT2D eigenvalue weighted by atomic mass is 9.87. The van der Waals surface area contributed by atoms with Crippen LogP contribution in [-0.4, -0.2) is 55.2 Å². The van der Waals surface area contributed by atoms with Gasteiger partial charge >= 0.3 is 12.1 Å². The largest absolute Gasteiger partial charge is 0.528 e. The molecule has 8 nitrogen and oxygen atoms in total. The third kappa shape index (κ3) is 8.43. The lowest BCUT2D eigenvalue weighted by Gasteiger charge is -2.37. The van der Waals surface area contributed by atoms with E-state index in [1.807, 2.05) is 36.4 Å². The van der Waals surface area contributed by atoms with Crippen molar-refractivity contribution in [3.05, 3.63) is 77.9 Å².